The Bertz CT molecular complexity index is 1490. The van der Waals surface area contributed by atoms with Crippen LogP contribution in [0.3, 0.4) is 0 Å². The molecule has 5 rings (SSSR count). The van der Waals surface area contributed by atoms with Crippen molar-refractivity contribution in [1.82, 2.24) is 9.38 Å². The van der Waals surface area contributed by atoms with E-state index in [1.807, 2.05) is 77.2 Å². The van der Waals surface area contributed by atoms with Crippen LogP contribution in [0.2, 0.25) is 0 Å². The molecule has 0 saturated carbocycles. The van der Waals surface area contributed by atoms with Crippen molar-refractivity contribution in [3.63, 3.8) is 0 Å². The summed E-state index contributed by atoms with van der Waals surface area (Å²) in [4.78, 5) is 5.02. The van der Waals surface area contributed by atoms with Crippen molar-refractivity contribution < 1.29 is 9.47 Å². The van der Waals surface area contributed by atoms with Crippen LogP contribution in [0.4, 0.5) is 5.82 Å². The first-order valence-corrected chi connectivity index (χ1v) is 10.1. The van der Waals surface area contributed by atoms with Crippen molar-refractivity contribution in [2.24, 2.45) is 0 Å². The number of fused-ring (bicyclic) bond motifs is 3. The van der Waals surface area contributed by atoms with Gasteiger partial charge in [0.15, 0.2) is 0 Å². The predicted octanol–water partition coefficient (Wildman–Crippen LogP) is 5.29. The number of rotatable bonds is 4. The van der Waals surface area contributed by atoms with E-state index in [2.05, 4.69) is 6.07 Å². The van der Waals surface area contributed by atoms with Gasteiger partial charge in [0.25, 0.3) is 0 Å². The van der Waals surface area contributed by atoms with E-state index in [1.54, 1.807) is 14.2 Å². The molecular formula is C26H20N4O2. The molecule has 0 unspecified atom stereocenters. The average Bonchev–Trinajstić information content (AvgIpc) is 3.26. The highest BCUT2D eigenvalue weighted by Crippen LogP contribution is 2.39. The standard InChI is InChI=1S/C26H20N4O2/c1-31-18-11-7-16(8-12-18)23-24(17-9-13-19(32-2)14-10-17)30-25(28)22(15-27)20-5-3-4-6-21(20)26(30)29-23/h3-14H,28H2,1-2H3. The fourth-order valence-corrected chi connectivity index (χ4v) is 4.06. The van der Waals surface area contributed by atoms with E-state index in [0.717, 1.165) is 44.8 Å². The molecule has 6 heteroatoms. The first-order valence-electron chi connectivity index (χ1n) is 10.1. The lowest BCUT2D eigenvalue weighted by molar-refractivity contribution is 0.414. The number of imidazole rings is 1. The van der Waals surface area contributed by atoms with Crippen LogP contribution in [0.15, 0.2) is 72.8 Å². The van der Waals surface area contributed by atoms with Crippen molar-refractivity contribution in [3.8, 4) is 40.1 Å². The van der Waals surface area contributed by atoms with Crippen LogP contribution in [0.1, 0.15) is 5.56 Å². The molecule has 32 heavy (non-hydrogen) atoms. The summed E-state index contributed by atoms with van der Waals surface area (Å²) in [6, 6.07) is 25.5. The molecule has 0 aliphatic carbocycles. The molecule has 0 aliphatic rings. The topological polar surface area (TPSA) is 85.6 Å². The fourth-order valence-electron chi connectivity index (χ4n) is 4.06. The van der Waals surface area contributed by atoms with Crippen molar-refractivity contribution >= 4 is 22.2 Å². The van der Waals surface area contributed by atoms with Crippen LogP contribution in [-0.4, -0.2) is 23.6 Å². The third-order valence-electron chi connectivity index (χ3n) is 5.65. The molecule has 0 spiro atoms. The molecule has 0 saturated heterocycles. The summed E-state index contributed by atoms with van der Waals surface area (Å²) in [5.41, 5.74) is 11.1. The molecule has 6 nitrogen and oxygen atoms in total. The average molecular weight is 420 g/mol. The minimum atomic E-state index is 0.360. The van der Waals surface area contributed by atoms with Gasteiger partial charge in [-0.15, -0.1) is 0 Å². The minimum Gasteiger partial charge on any atom is -0.497 e. The highest BCUT2D eigenvalue weighted by molar-refractivity contribution is 6.03. The summed E-state index contributed by atoms with van der Waals surface area (Å²) >= 11 is 0. The molecule has 0 aliphatic heterocycles. The monoisotopic (exact) mass is 420 g/mol. The van der Waals surface area contributed by atoms with E-state index in [1.165, 1.54) is 0 Å². The van der Waals surface area contributed by atoms with Gasteiger partial charge in [-0.2, -0.15) is 5.26 Å². The number of methoxy groups -OCH3 is 2. The molecule has 0 amide bonds. The van der Waals surface area contributed by atoms with E-state index in [-0.39, 0.29) is 0 Å². The van der Waals surface area contributed by atoms with Crippen LogP contribution in [0, 0.1) is 11.3 Å². The Hall–Kier alpha value is -4.50. The van der Waals surface area contributed by atoms with E-state index >= 15 is 0 Å². The van der Waals surface area contributed by atoms with Gasteiger partial charge >= 0.3 is 0 Å². The maximum Gasteiger partial charge on any atom is 0.147 e. The Labute approximate surface area is 185 Å². The molecule has 0 radical (unpaired) electrons. The molecule has 0 atom stereocenters. The summed E-state index contributed by atoms with van der Waals surface area (Å²) in [6.07, 6.45) is 0. The molecule has 0 fully saturated rings. The summed E-state index contributed by atoms with van der Waals surface area (Å²) < 4.78 is 12.5. The van der Waals surface area contributed by atoms with Gasteiger partial charge in [-0.05, 0) is 48.5 Å². The molecule has 3 aromatic carbocycles. The number of nitrogens with two attached hydrogens (primary N) is 1. The Morgan fingerprint density at radius 2 is 1.38 bits per heavy atom. The first-order chi connectivity index (χ1) is 15.7. The third kappa shape index (κ3) is 2.91. The zero-order chi connectivity index (χ0) is 22.2. The number of benzene rings is 3. The molecular weight excluding hydrogens is 400 g/mol. The lowest BCUT2D eigenvalue weighted by atomic mass is 10.0. The SMILES string of the molecule is COc1ccc(-c2nc3c4ccccc4c(C#N)c(N)n3c2-c2ccc(OC)cc2)cc1. The Morgan fingerprint density at radius 1 is 0.812 bits per heavy atom. The van der Waals surface area contributed by atoms with Crippen LogP contribution < -0.4 is 15.2 Å². The normalized spacial score (nSPS) is 10.9. The Kier molecular flexibility index (Phi) is 4.65. The first kappa shape index (κ1) is 19.5. The van der Waals surface area contributed by atoms with Gasteiger partial charge in [0.05, 0.1) is 25.6 Å². The zero-order valence-corrected chi connectivity index (χ0v) is 17.7. The van der Waals surface area contributed by atoms with Gasteiger partial charge in [-0.1, -0.05) is 24.3 Å². The molecule has 0 bridgehead atoms. The van der Waals surface area contributed by atoms with Crippen molar-refractivity contribution in [3.05, 3.63) is 78.4 Å². The van der Waals surface area contributed by atoms with Gasteiger partial charge < -0.3 is 15.2 Å². The number of hydrogen-bond donors (Lipinski definition) is 1. The number of ether oxygens (including phenoxy) is 2. The highest BCUT2D eigenvalue weighted by atomic mass is 16.5. The lowest BCUT2D eigenvalue weighted by Gasteiger charge is -2.12. The molecule has 5 aromatic rings. The summed E-state index contributed by atoms with van der Waals surface area (Å²) in [5.74, 6) is 1.88. The van der Waals surface area contributed by atoms with E-state index in [9.17, 15) is 5.26 Å². The summed E-state index contributed by atoms with van der Waals surface area (Å²) in [7, 11) is 3.27. The van der Waals surface area contributed by atoms with Crippen LogP contribution >= 0.6 is 0 Å². The molecule has 156 valence electrons. The van der Waals surface area contributed by atoms with E-state index in [0.29, 0.717) is 17.0 Å². The third-order valence-corrected chi connectivity index (χ3v) is 5.65. The number of nitriles is 1. The smallest absolute Gasteiger partial charge is 0.147 e. The molecule has 2 aromatic heterocycles. The summed E-state index contributed by atoms with van der Waals surface area (Å²) in [5, 5.41) is 11.5. The summed E-state index contributed by atoms with van der Waals surface area (Å²) in [6.45, 7) is 0. The van der Waals surface area contributed by atoms with E-state index < -0.39 is 0 Å². The van der Waals surface area contributed by atoms with Gasteiger partial charge in [0.1, 0.15) is 34.6 Å². The molecule has 2 N–H and O–H groups in total. The largest absolute Gasteiger partial charge is 0.497 e. The quantitative estimate of drug-likeness (QED) is 0.427. The number of anilines is 1. The minimum absolute atomic E-state index is 0.360. The number of nitrogens with zero attached hydrogens (tertiary/aromatic N) is 3. The number of pyridine rings is 1. The second kappa shape index (κ2) is 7.64. The Balaban J connectivity index is 1.92. The Morgan fingerprint density at radius 3 is 1.94 bits per heavy atom. The van der Waals surface area contributed by atoms with Crippen molar-refractivity contribution in [2.45, 2.75) is 0 Å². The number of hydrogen-bond acceptors (Lipinski definition) is 5. The highest BCUT2D eigenvalue weighted by Gasteiger charge is 2.22. The van der Waals surface area contributed by atoms with Gasteiger partial charge in [0.2, 0.25) is 0 Å². The maximum absolute atomic E-state index is 9.89. The van der Waals surface area contributed by atoms with Crippen LogP contribution in [0.25, 0.3) is 38.9 Å². The lowest BCUT2D eigenvalue weighted by Crippen LogP contribution is -2.03. The number of aromatic nitrogens is 2. The zero-order valence-electron chi connectivity index (χ0n) is 17.7. The predicted molar refractivity (Wildman–Crippen MR) is 126 cm³/mol. The molecule has 2 heterocycles. The van der Waals surface area contributed by atoms with Crippen molar-refractivity contribution in [1.29, 1.82) is 5.26 Å². The van der Waals surface area contributed by atoms with Crippen LogP contribution in [-0.2, 0) is 0 Å². The second-order valence-electron chi connectivity index (χ2n) is 7.34. The van der Waals surface area contributed by atoms with Gasteiger partial charge in [-0.25, -0.2) is 4.98 Å². The van der Waals surface area contributed by atoms with Crippen molar-refractivity contribution in [2.75, 3.05) is 20.0 Å². The fraction of sp³-hybridized carbons (Fsp3) is 0.0769. The number of nitrogen functional groups attached to an aromatic ring is 1. The maximum atomic E-state index is 9.89. The second-order valence-corrected chi connectivity index (χ2v) is 7.34. The van der Waals surface area contributed by atoms with E-state index in [4.69, 9.17) is 20.2 Å². The van der Waals surface area contributed by atoms with Gasteiger partial charge in [-0.3, -0.25) is 4.40 Å². The van der Waals surface area contributed by atoms with Crippen LogP contribution in [0.5, 0.6) is 11.5 Å². The van der Waals surface area contributed by atoms with Gasteiger partial charge in [0, 0.05) is 21.9 Å².